The SMILES string of the molecule is CN(CCn1ccc2ccccc21)C(=O)CCN1CCCCCC1=O. The van der Waals surface area contributed by atoms with E-state index in [1.807, 2.05) is 24.1 Å². The molecule has 1 aliphatic heterocycles. The van der Waals surface area contributed by atoms with Gasteiger partial charge in [-0.15, -0.1) is 0 Å². The summed E-state index contributed by atoms with van der Waals surface area (Å²) in [4.78, 5) is 28.0. The van der Waals surface area contributed by atoms with Crippen LogP contribution < -0.4 is 0 Å². The summed E-state index contributed by atoms with van der Waals surface area (Å²) < 4.78 is 2.18. The second kappa shape index (κ2) is 8.19. The highest BCUT2D eigenvalue weighted by Gasteiger charge is 2.18. The summed E-state index contributed by atoms with van der Waals surface area (Å²) in [5.41, 5.74) is 1.19. The first-order valence-electron chi connectivity index (χ1n) is 9.21. The third kappa shape index (κ3) is 4.41. The molecule has 0 saturated carbocycles. The minimum absolute atomic E-state index is 0.105. The minimum Gasteiger partial charge on any atom is -0.346 e. The van der Waals surface area contributed by atoms with Crippen molar-refractivity contribution < 1.29 is 9.59 Å². The van der Waals surface area contributed by atoms with Crippen LogP contribution in [0.5, 0.6) is 0 Å². The first kappa shape index (κ1) is 17.5. The fourth-order valence-electron chi connectivity index (χ4n) is 3.41. The molecule has 0 atom stereocenters. The highest BCUT2D eigenvalue weighted by molar-refractivity contribution is 5.80. The maximum atomic E-state index is 12.4. The van der Waals surface area contributed by atoms with Gasteiger partial charge in [-0.2, -0.15) is 0 Å². The zero-order valence-corrected chi connectivity index (χ0v) is 15.0. The van der Waals surface area contributed by atoms with Crippen molar-refractivity contribution in [3.63, 3.8) is 0 Å². The van der Waals surface area contributed by atoms with Gasteiger partial charge in [0, 0.05) is 57.8 Å². The molecule has 2 aromatic rings. The van der Waals surface area contributed by atoms with Crippen molar-refractivity contribution in [2.24, 2.45) is 0 Å². The Bertz CT molecular complexity index is 737. The van der Waals surface area contributed by atoms with Crippen molar-refractivity contribution in [1.82, 2.24) is 14.4 Å². The van der Waals surface area contributed by atoms with Crippen molar-refractivity contribution in [1.29, 1.82) is 0 Å². The van der Waals surface area contributed by atoms with E-state index in [4.69, 9.17) is 0 Å². The fraction of sp³-hybridized carbons (Fsp3) is 0.500. The Kier molecular flexibility index (Phi) is 5.74. The molecule has 3 rings (SSSR count). The molecule has 2 amide bonds. The Balaban J connectivity index is 1.48. The van der Waals surface area contributed by atoms with Gasteiger partial charge in [0.25, 0.3) is 0 Å². The van der Waals surface area contributed by atoms with Gasteiger partial charge >= 0.3 is 0 Å². The lowest BCUT2D eigenvalue weighted by Gasteiger charge is -2.23. The molecular weight excluding hydrogens is 314 g/mol. The molecular formula is C20H27N3O2. The third-order valence-electron chi connectivity index (χ3n) is 5.05. The number of hydrogen-bond donors (Lipinski definition) is 0. The summed E-state index contributed by atoms with van der Waals surface area (Å²) in [5, 5.41) is 1.22. The van der Waals surface area contributed by atoms with E-state index in [0.717, 1.165) is 32.4 Å². The summed E-state index contributed by atoms with van der Waals surface area (Å²) in [5.74, 6) is 0.306. The molecule has 0 aliphatic carbocycles. The van der Waals surface area contributed by atoms with Gasteiger partial charge in [-0.1, -0.05) is 24.6 Å². The van der Waals surface area contributed by atoms with Gasteiger partial charge in [0.15, 0.2) is 0 Å². The molecule has 2 heterocycles. The van der Waals surface area contributed by atoms with Crippen LogP contribution in [0.2, 0.25) is 0 Å². The van der Waals surface area contributed by atoms with Crippen molar-refractivity contribution in [3.8, 4) is 0 Å². The summed E-state index contributed by atoms with van der Waals surface area (Å²) >= 11 is 0. The number of para-hydroxylation sites is 1. The average molecular weight is 341 g/mol. The number of hydrogen-bond acceptors (Lipinski definition) is 2. The summed E-state index contributed by atoms with van der Waals surface area (Å²) in [6.07, 6.45) is 6.25. The van der Waals surface area contributed by atoms with E-state index in [0.29, 0.717) is 25.9 Å². The topological polar surface area (TPSA) is 45.6 Å². The number of nitrogens with zero attached hydrogens (tertiary/aromatic N) is 3. The molecule has 1 aromatic carbocycles. The van der Waals surface area contributed by atoms with E-state index in [2.05, 4.69) is 29.0 Å². The molecule has 1 fully saturated rings. The molecule has 0 radical (unpaired) electrons. The van der Waals surface area contributed by atoms with Crippen LogP contribution in [-0.2, 0) is 16.1 Å². The van der Waals surface area contributed by atoms with Gasteiger partial charge in [0.2, 0.25) is 11.8 Å². The number of rotatable bonds is 6. The lowest BCUT2D eigenvalue weighted by Crippen LogP contribution is -2.36. The maximum Gasteiger partial charge on any atom is 0.224 e. The summed E-state index contributed by atoms with van der Waals surface area (Å²) in [7, 11) is 1.85. The number of carbonyl (C=O) groups is 2. The van der Waals surface area contributed by atoms with Gasteiger partial charge in [-0.05, 0) is 30.4 Å². The summed E-state index contributed by atoms with van der Waals surface area (Å²) in [6.45, 7) is 2.80. The number of aromatic nitrogens is 1. The number of benzene rings is 1. The molecule has 0 N–H and O–H groups in total. The molecule has 5 heteroatoms. The van der Waals surface area contributed by atoms with E-state index >= 15 is 0 Å². The quantitative estimate of drug-likeness (QED) is 0.811. The Morgan fingerprint density at radius 2 is 1.96 bits per heavy atom. The molecule has 1 aliphatic rings. The van der Waals surface area contributed by atoms with E-state index in [9.17, 15) is 9.59 Å². The first-order chi connectivity index (χ1) is 12.1. The molecule has 0 spiro atoms. The molecule has 1 aromatic heterocycles. The smallest absolute Gasteiger partial charge is 0.224 e. The number of fused-ring (bicyclic) bond motifs is 1. The van der Waals surface area contributed by atoms with Crippen LogP contribution in [0.3, 0.4) is 0 Å². The Labute approximate surface area is 149 Å². The predicted molar refractivity (Wildman–Crippen MR) is 99.2 cm³/mol. The van der Waals surface area contributed by atoms with Crippen molar-refractivity contribution in [2.75, 3.05) is 26.7 Å². The Morgan fingerprint density at radius 3 is 2.84 bits per heavy atom. The lowest BCUT2D eigenvalue weighted by atomic mass is 10.2. The largest absolute Gasteiger partial charge is 0.346 e. The van der Waals surface area contributed by atoms with Crippen LogP contribution >= 0.6 is 0 Å². The zero-order chi connectivity index (χ0) is 17.6. The van der Waals surface area contributed by atoms with Crippen molar-refractivity contribution in [3.05, 3.63) is 36.5 Å². The second-order valence-electron chi connectivity index (χ2n) is 6.82. The van der Waals surface area contributed by atoms with Crippen LogP contribution in [0.1, 0.15) is 32.1 Å². The molecule has 5 nitrogen and oxygen atoms in total. The standard InChI is InChI=1S/C20H27N3O2/c1-21(15-16-22-13-10-17-7-4-5-8-18(17)22)19(24)11-14-23-12-6-2-3-9-20(23)25/h4-5,7-8,10,13H,2-3,6,9,11-12,14-16H2,1H3. The Hall–Kier alpha value is -2.30. The number of amides is 2. The fourth-order valence-corrected chi connectivity index (χ4v) is 3.41. The highest BCUT2D eigenvalue weighted by Crippen LogP contribution is 2.15. The molecule has 0 unspecified atom stereocenters. The Morgan fingerprint density at radius 1 is 1.12 bits per heavy atom. The van der Waals surface area contributed by atoms with Crippen LogP contribution in [0.4, 0.5) is 0 Å². The normalized spacial score (nSPS) is 15.4. The number of likely N-dealkylation sites (N-methyl/N-ethyl adjacent to an activating group) is 1. The maximum absolute atomic E-state index is 12.4. The van der Waals surface area contributed by atoms with E-state index in [1.165, 1.54) is 10.9 Å². The second-order valence-corrected chi connectivity index (χ2v) is 6.82. The third-order valence-corrected chi connectivity index (χ3v) is 5.05. The first-order valence-corrected chi connectivity index (χ1v) is 9.21. The lowest BCUT2D eigenvalue weighted by molar-refractivity contribution is -0.133. The molecule has 1 saturated heterocycles. The van der Waals surface area contributed by atoms with Crippen LogP contribution in [0.25, 0.3) is 10.9 Å². The average Bonchev–Trinajstić information content (AvgIpc) is 2.93. The monoisotopic (exact) mass is 341 g/mol. The van der Waals surface area contributed by atoms with Gasteiger partial charge in [-0.25, -0.2) is 0 Å². The van der Waals surface area contributed by atoms with Gasteiger partial charge in [-0.3, -0.25) is 9.59 Å². The van der Waals surface area contributed by atoms with Gasteiger partial charge in [0.05, 0.1) is 0 Å². The highest BCUT2D eigenvalue weighted by atomic mass is 16.2. The van der Waals surface area contributed by atoms with Crippen molar-refractivity contribution >= 4 is 22.7 Å². The zero-order valence-electron chi connectivity index (χ0n) is 15.0. The number of carbonyl (C=O) groups excluding carboxylic acids is 2. The molecule has 134 valence electrons. The van der Waals surface area contributed by atoms with Crippen molar-refractivity contribution in [2.45, 2.75) is 38.6 Å². The van der Waals surface area contributed by atoms with E-state index in [-0.39, 0.29) is 11.8 Å². The van der Waals surface area contributed by atoms with E-state index < -0.39 is 0 Å². The van der Waals surface area contributed by atoms with Crippen LogP contribution in [0.15, 0.2) is 36.5 Å². The molecule has 0 bridgehead atoms. The van der Waals surface area contributed by atoms with Crippen LogP contribution in [-0.4, -0.2) is 52.9 Å². The van der Waals surface area contributed by atoms with Crippen LogP contribution in [0, 0.1) is 0 Å². The van der Waals surface area contributed by atoms with Gasteiger partial charge in [0.1, 0.15) is 0 Å². The predicted octanol–water partition coefficient (Wildman–Crippen LogP) is 2.89. The minimum atomic E-state index is 0.105. The van der Waals surface area contributed by atoms with E-state index in [1.54, 1.807) is 4.90 Å². The summed E-state index contributed by atoms with van der Waals surface area (Å²) in [6, 6.07) is 10.4. The van der Waals surface area contributed by atoms with Gasteiger partial charge < -0.3 is 14.4 Å². The molecule has 25 heavy (non-hydrogen) atoms. The number of likely N-dealkylation sites (tertiary alicyclic amines) is 1.